The predicted molar refractivity (Wildman–Crippen MR) is 98.8 cm³/mol. The lowest BCUT2D eigenvalue weighted by atomic mass is 9.53. The standard InChI is InChI=1S/C23H28O2/c24-23(25)16-6-5-15-8-10-20-19-9-7-14-3-1-2-4-17(14)18(19)11-12-21(20)22(15)13-16/h5-6,11-14,17-21H,1-4,7-10H2,(H,24,25). The lowest BCUT2D eigenvalue weighted by Gasteiger charge is -2.52. The van der Waals surface area contributed by atoms with Gasteiger partial charge in [-0.3, -0.25) is 0 Å². The number of allylic oxidation sites excluding steroid dienone is 2. The second kappa shape index (κ2) is 6.00. The first-order chi connectivity index (χ1) is 12.2. The maximum Gasteiger partial charge on any atom is 0.335 e. The van der Waals surface area contributed by atoms with Gasteiger partial charge in [0.15, 0.2) is 0 Å². The minimum atomic E-state index is -0.801. The van der Waals surface area contributed by atoms with Gasteiger partial charge < -0.3 is 5.11 Å². The van der Waals surface area contributed by atoms with E-state index in [1.54, 1.807) is 6.07 Å². The monoisotopic (exact) mass is 336 g/mol. The predicted octanol–water partition coefficient (Wildman–Crippen LogP) is 5.43. The number of carboxylic acids is 1. The fourth-order valence-electron chi connectivity index (χ4n) is 6.78. The van der Waals surface area contributed by atoms with E-state index in [0.717, 1.165) is 36.0 Å². The van der Waals surface area contributed by atoms with Crippen molar-refractivity contribution >= 4 is 5.97 Å². The second-order valence-corrected chi connectivity index (χ2v) is 8.86. The van der Waals surface area contributed by atoms with Crippen LogP contribution in [-0.2, 0) is 6.42 Å². The Bertz CT molecular complexity index is 719. The quantitative estimate of drug-likeness (QED) is 0.694. The van der Waals surface area contributed by atoms with E-state index in [9.17, 15) is 9.90 Å². The number of hydrogen-bond acceptors (Lipinski definition) is 1. The molecule has 25 heavy (non-hydrogen) atoms. The average molecular weight is 336 g/mol. The number of fused-ring (bicyclic) bond motifs is 7. The van der Waals surface area contributed by atoms with Gasteiger partial charge in [0, 0.05) is 5.92 Å². The van der Waals surface area contributed by atoms with Crippen LogP contribution in [0.25, 0.3) is 0 Å². The first-order valence-corrected chi connectivity index (χ1v) is 10.3. The summed E-state index contributed by atoms with van der Waals surface area (Å²) in [5.74, 6) is 3.91. The fourth-order valence-corrected chi connectivity index (χ4v) is 6.78. The third-order valence-electron chi connectivity index (χ3n) is 7.88. The molecule has 1 N–H and O–H groups in total. The molecule has 0 aliphatic heterocycles. The van der Waals surface area contributed by atoms with Crippen molar-refractivity contribution in [1.29, 1.82) is 0 Å². The lowest BCUT2D eigenvalue weighted by molar-refractivity contribution is 0.0367. The summed E-state index contributed by atoms with van der Waals surface area (Å²) in [4.78, 5) is 11.4. The van der Waals surface area contributed by atoms with Crippen molar-refractivity contribution in [3.8, 4) is 0 Å². The van der Waals surface area contributed by atoms with Crippen LogP contribution in [0.5, 0.6) is 0 Å². The number of hydrogen-bond donors (Lipinski definition) is 1. The Morgan fingerprint density at radius 3 is 2.68 bits per heavy atom. The number of aromatic carboxylic acids is 1. The Balaban J connectivity index is 1.50. The Morgan fingerprint density at radius 1 is 0.920 bits per heavy atom. The van der Waals surface area contributed by atoms with Gasteiger partial charge in [-0.25, -0.2) is 4.79 Å². The molecule has 0 bridgehead atoms. The summed E-state index contributed by atoms with van der Waals surface area (Å²) in [6, 6.07) is 5.81. The molecule has 2 nitrogen and oxygen atoms in total. The molecule has 1 aromatic carbocycles. The first-order valence-electron chi connectivity index (χ1n) is 10.3. The molecule has 2 saturated carbocycles. The van der Waals surface area contributed by atoms with Crippen LogP contribution in [0.15, 0.2) is 30.4 Å². The molecule has 6 unspecified atom stereocenters. The zero-order valence-corrected chi connectivity index (χ0v) is 14.9. The van der Waals surface area contributed by atoms with Crippen LogP contribution in [0.2, 0.25) is 0 Å². The SMILES string of the molecule is O=C(O)c1ccc2c(c1)C1C=CC3C4CCCCC4CCC3C1CC2. The minimum absolute atomic E-state index is 0.449. The number of carbonyl (C=O) groups is 1. The summed E-state index contributed by atoms with van der Waals surface area (Å²) in [6.07, 6.45) is 16.0. The van der Waals surface area contributed by atoms with Crippen molar-refractivity contribution in [2.45, 2.75) is 57.3 Å². The van der Waals surface area contributed by atoms with Crippen LogP contribution in [-0.4, -0.2) is 11.1 Å². The Labute approximate surface area is 150 Å². The van der Waals surface area contributed by atoms with Crippen LogP contribution in [0.3, 0.4) is 0 Å². The Morgan fingerprint density at radius 2 is 1.80 bits per heavy atom. The Kier molecular flexibility index (Phi) is 3.76. The van der Waals surface area contributed by atoms with Crippen LogP contribution in [0.4, 0.5) is 0 Å². The molecule has 4 aliphatic rings. The lowest BCUT2D eigenvalue weighted by Crippen LogP contribution is -2.43. The minimum Gasteiger partial charge on any atom is -0.478 e. The number of rotatable bonds is 1. The van der Waals surface area contributed by atoms with E-state index in [-0.39, 0.29) is 0 Å². The van der Waals surface area contributed by atoms with Gasteiger partial charge in [-0.1, -0.05) is 37.5 Å². The zero-order valence-electron chi connectivity index (χ0n) is 14.9. The van der Waals surface area contributed by atoms with Crippen LogP contribution >= 0.6 is 0 Å². The van der Waals surface area contributed by atoms with E-state index in [4.69, 9.17) is 0 Å². The summed E-state index contributed by atoms with van der Waals surface area (Å²) in [6.45, 7) is 0. The summed E-state index contributed by atoms with van der Waals surface area (Å²) in [5.41, 5.74) is 3.13. The largest absolute Gasteiger partial charge is 0.478 e. The molecular formula is C23H28O2. The van der Waals surface area contributed by atoms with Crippen molar-refractivity contribution in [2.75, 3.05) is 0 Å². The molecule has 0 heterocycles. The number of benzene rings is 1. The first kappa shape index (κ1) is 15.7. The van der Waals surface area contributed by atoms with Gasteiger partial charge in [0.2, 0.25) is 0 Å². The van der Waals surface area contributed by atoms with E-state index in [1.807, 2.05) is 6.07 Å². The van der Waals surface area contributed by atoms with Gasteiger partial charge in [0.25, 0.3) is 0 Å². The summed E-state index contributed by atoms with van der Waals surface area (Å²) in [7, 11) is 0. The van der Waals surface area contributed by atoms with Crippen LogP contribution in [0, 0.1) is 29.6 Å². The molecule has 2 fully saturated rings. The second-order valence-electron chi connectivity index (χ2n) is 8.86. The highest BCUT2D eigenvalue weighted by atomic mass is 16.4. The smallest absolute Gasteiger partial charge is 0.335 e. The maximum absolute atomic E-state index is 11.4. The topological polar surface area (TPSA) is 37.3 Å². The average Bonchev–Trinajstić information content (AvgIpc) is 2.66. The molecule has 5 rings (SSSR count). The van der Waals surface area contributed by atoms with Gasteiger partial charge in [-0.2, -0.15) is 0 Å². The molecule has 6 atom stereocenters. The molecular weight excluding hydrogens is 308 g/mol. The number of aryl methyl sites for hydroxylation is 1. The van der Waals surface area contributed by atoms with E-state index < -0.39 is 5.97 Å². The third-order valence-corrected chi connectivity index (χ3v) is 7.88. The molecule has 0 amide bonds. The van der Waals surface area contributed by atoms with Crippen molar-refractivity contribution in [3.63, 3.8) is 0 Å². The third kappa shape index (κ3) is 2.48. The van der Waals surface area contributed by atoms with E-state index in [0.29, 0.717) is 11.5 Å². The summed E-state index contributed by atoms with van der Waals surface area (Å²) in [5, 5.41) is 9.38. The molecule has 0 aromatic heterocycles. The normalized spacial score (nSPS) is 38.9. The molecule has 0 saturated heterocycles. The van der Waals surface area contributed by atoms with Crippen molar-refractivity contribution in [1.82, 2.24) is 0 Å². The summed E-state index contributed by atoms with van der Waals surface area (Å²) < 4.78 is 0. The highest BCUT2D eigenvalue weighted by Gasteiger charge is 2.46. The van der Waals surface area contributed by atoms with Crippen molar-refractivity contribution in [3.05, 3.63) is 47.0 Å². The van der Waals surface area contributed by atoms with E-state index >= 15 is 0 Å². The summed E-state index contributed by atoms with van der Waals surface area (Å²) >= 11 is 0. The van der Waals surface area contributed by atoms with Crippen molar-refractivity contribution in [2.24, 2.45) is 29.6 Å². The highest BCUT2D eigenvalue weighted by molar-refractivity contribution is 5.88. The van der Waals surface area contributed by atoms with E-state index in [1.165, 1.54) is 56.1 Å². The molecule has 4 aliphatic carbocycles. The maximum atomic E-state index is 11.4. The van der Waals surface area contributed by atoms with Gasteiger partial charge in [-0.15, -0.1) is 0 Å². The van der Waals surface area contributed by atoms with Gasteiger partial charge in [-0.05, 0) is 85.0 Å². The van der Waals surface area contributed by atoms with Crippen LogP contribution in [0.1, 0.15) is 72.3 Å². The fraction of sp³-hybridized carbons (Fsp3) is 0.609. The molecule has 0 spiro atoms. The van der Waals surface area contributed by atoms with Crippen molar-refractivity contribution < 1.29 is 9.90 Å². The number of carboxylic acid groups (broad SMARTS) is 1. The van der Waals surface area contributed by atoms with Gasteiger partial charge >= 0.3 is 5.97 Å². The molecule has 132 valence electrons. The van der Waals surface area contributed by atoms with Crippen LogP contribution < -0.4 is 0 Å². The van der Waals surface area contributed by atoms with Gasteiger partial charge in [0.1, 0.15) is 0 Å². The van der Waals surface area contributed by atoms with E-state index in [2.05, 4.69) is 18.2 Å². The molecule has 1 aromatic rings. The highest BCUT2D eigenvalue weighted by Crippen LogP contribution is 2.56. The molecule has 0 radical (unpaired) electrons. The molecule has 2 heteroatoms. The Hall–Kier alpha value is -1.57. The van der Waals surface area contributed by atoms with Gasteiger partial charge in [0.05, 0.1) is 5.56 Å². The zero-order chi connectivity index (χ0) is 17.0.